The maximum Gasteiger partial charge on any atom is 0.348 e. The Morgan fingerprint density at radius 1 is 1.11 bits per heavy atom. The summed E-state index contributed by atoms with van der Waals surface area (Å²) in [5, 5.41) is 0. The molecule has 2 heterocycles. The minimum Gasteiger partial charge on any atom is -0.419 e. The highest BCUT2D eigenvalue weighted by atomic mass is 19.1. The highest BCUT2D eigenvalue weighted by Crippen LogP contribution is 2.30. The van der Waals surface area contributed by atoms with Crippen molar-refractivity contribution in [1.82, 2.24) is 4.57 Å². The summed E-state index contributed by atoms with van der Waals surface area (Å²) in [5.74, 6) is -2.89. The first-order chi connectivity index (χ1) is 13.2. The number of esters is 2. The van der Waals surface area contributed by atoms with Crippen LogP contribution in [0.2, 0.25) is 0 Å². The van der Waals surface area contributed by atoms with Crippen LogP contribution in [0.5, 0.6) is 0 Å². The number of unbranched alkanes of at least 4 members (excludes halogenated alkanes) is 1. The van der Waals surface area contributed by atoms with Gasteiger partial charge in [-0.2, -0.15) is 0 Å². The smallest absolute Gasteiger partial charge is 0.348 e. The zero-order valence-electron chi connectivity index (χ0n) is 16.5. The number of ether oxygens (including phenoxy) is 2. The number of halogens is 1. The van der Waals surface area contributed by atoms with Crippen molar-refractivity contribution in [3.8, 4) is 5.69 Å². The Balaban J connectivity index is 1.92. The molecule has 0 aliphatic carbocycles. The minimum atomic E-state index is -1.22. The molecule has 1 aliphatic rings. The van der Waals surface area contributed by atoms with Crippen molar-refractivity contribution in [1.29, 1.82) is 0 Å². The van der Waals surface area contributed by atoms with Gasteiger partial charge in [0.15, 0.2) is 0 Å². The lowest BCUT2D eigenvalue weighted by atomic mass is 10.1. The second-order valence-corrected chi connectivity index (χ2v) is 7.21. The van der Waals surface area contributed by atoms with Crippen molar-refractivity contribution in [3.63, 3.8) is 0 Å². The van der Waals surface area contributed by atoms with Gasteiger partial charge in [0, 0.05) is 30.4 Å². The zero-order valence-corrected chi connectivity index (χ0v) is 16.5. The van der Waals surface area contributed by atoms with Gasteiger partial charge in [-0.05, 0) is 62.2 Å². The fraction of sp³-hybridized carbons (Fsp3) is 0.364. The van der Waals surface area contributed by atoms with Crippen LogP contribution in [-0.4, -0.2) is 22.3 Å². The van der Waals surface area contributed by atoms with E-state index in [1.165, 1.54) is 18.2 Å². The Morgan fingerprint density at radius 3 is 2.29 bits per heavy atom. The van der Waals surface area contributed by atoms with Crippen LogP contribution in [0.1, 0.15) is 50.1 Å². The van der Waals surface area contributed by atoms with Crippen LogP contribution in [0.15, 0.2) is 35.9 Å². The largest absolute Gasteiger partial charge is 0.419 e. The normalized spacial score (nSPS) is 19.4. The molecule has 0 bridgehead atoms. The third kappa shape index (κ3) is 3.86. The van der Waals surface area contributed by atoms with Crippen LogP contribution in [0.4, 0.5) is 4.39 Å². The van der Waals surface area contributed by atoms with Gasteiger partial charge >= 0.3 is 11.9 Å². The van der Waals surface area contributed by atoms with Crippen molar-refractivity contribution in [2.45, 2.75) is 52.7 Å². The van der Waals surface area contributed by atoms with E-state index < -0.39 is 17.7 Å². The number of nitrogens with zero attached hydrogens (tertiary/aromatic N) is 1. The number of aromatic nitrogens is 1. The van der Waals surface area contributed by atoms with Crippen LogP contribution in [-0.2, 0) is 19.1 Å². The SMILES string of the molecule is CCCCC1(C)OC(=O)C(=Cc2cc(C)n(-c3ccc(F)cc3)c2C)C(=O)O1. The van der Waals surface area contributed by atoms with Crippen molar-refractivity contribution in [2.75, 3.05) is 0 Å². The van der Waals surface area contributed by atoms with Gasteiger partial charge in [-0.15, -0.1) is 0 Å². The fourth-order valence-electron chi connectivity index (χ4n) is 3.40. The Kier molecular flexibility index (Phi) is 5.40. The van der Waals surface area contributed by atoms with E-state index in [0.717, 1.165) is 29.9 Å². The van der Waals surface area contributed by atoms with Gasteiger partial charge in [0.1, 0.15) is 11.4 Å². The van der Waals surface area contributed by atoms with E-state index in [9.17, 15) is 14.0 Å². The summed E-state index contributed by atoms with van der Waals surface area (Å²) in [6.45, 7) is 7.39. The van der Waals surface area contributed by atoms with Crippen molar-refractivity contribution < 1.29 is 23.5 Å². The second kappa shape index (κ2) is 7.62. The summed E-state index contributed by atoms with van der Waals surface area (Å²) in [6.07, 6.45) is 3.65. The van der Waals surface area contributed by atoms with Crippen molar-refractivity contribution in [2.24, 2.45) is 0 Å². The first kappa shape index (κ1) is 19.9. The van der Waals surface area contributed by atoms with Gasteiger partial charge in [-0.1, -0.05) is 13.3 Å². The molecule has 0 spiro atoms. The van der Waals surface area contributed by atoms with Gasteiger partial charge in [0.05, 0.1) is 0 Å². The van der Waals surface area contributed by atoms with E-state index in [2.05, 4.69) is 0 Å². The van der Waals surface area contributed by atoms with E-state index in [-0.39, 0.29) is 11.4 Å². The van der Waals surface area contributed by atoms with Gasteiger partial charge < -0.3 is 14.0 Å². The summed E-state index contributed by atoms with van der Waals surface area (Å²) in [5.41, 5.74) is 3.07. The van der Waals surface area contributed by atoms with Crippen LogP contribution in [0.3, 0.4) is 0 Å². The van der Waals surface area contributed by atoms with E-state index in [1.807, 2.05) is 31.4 Å². The van der Waals surface area contributed by atoms with Crippen LogP contribution in [0, 0.1) is 19.7 Å². The standard InChI is InChI=1S/C22H24FNO4/c1-5-6-11-22(4)27-20(25)19(21(26)28-22)13-16-12-14(2)24(15(16)3)18-9-7-17(23)8-10-18/h7-10,12-13H,5-6,11H2,1-4H3. The highest BCUT2D eigenvalue weighted by molar-refractivity contribution is 6.19. The molecule has 0 unspecified atom stereocenters. The van der Waals surface area contributed by atoms with Crippen LogP contribution >= 0.6 is 0 Å². The molecule has 1 aliphatic heterocycles. The average molecular weight is 385 g/mol. The first-order valence-corrected chi connectivity index (χ1v) is 9.37. The maximum absolute atomic E-state index is 13.2. The molecule has 0 saturated carbocycles. The lowest BCUT2D eigenvalue weighted by Crippen LogP contribution is -2.44. The monoisotopic (exact) mass is 385 g/mol. The third-order valence-electron chi connectivity index (χ3n) is 4.90. The lowest BCUT2D eigenvalue weighted by Gasteiger charge is -2.33. The molecule has 5 nitrogen and oxygen atoms in total. The zero-order chi connectivity index (χ0) is 20.5. The van der Waals surface area contributed by atoms with Gasteiger partial charge in [0.25, 0.3) is 5.79 Å². The summed E-state index contributed by atoms with van der Waals surface area (Å²) in [6, 6.07) is 7.99. The molecule has 0 N–H and O–H groups in total. The Bertz CT molecular complexity index is 920. The molecule has 1 saturated heterocycles. The molecule has 3 rings (SSSR count). The van der Waals surface area contributed by atoms with Crippen molar-refractivity contribution >= 4 is 18.0 Å². The molecule has 1 fully saturated rings. The topological polar surface area (TPSA) is 57.5 Å². The second-order valence-electron chi connectivity index (χ2n) is 7.21. The average Bonchev–Trinajstić information content (AvgIpc) is 2.91. The molecule has 1 aromatic carbocycles. The fourth-order valence-corrected chi connectivity index (χ4v) is 3.40. The Hall–Kier alpha value is -2.89. The number of benzene rings is 1. The predicted molar refractivity (Wildman–Crippen MR) is 103 cm³/mol. The number of hydrogen-bond acceptors (Lipinski definition) is 4. The van der Waals surface area contributed by atoms with E-state index in [0.29, 0.717) is 12.0 Å². The summed E-state index contributed by atoms with van der Waals surface area (Å²) < 4.78 is 26.0. The quantitative estimate of drug-likeness (QED) is 0.428. The highest BCUT2D eigenvalue weighted by Gasteiger charge is 2.42. The number of carbonyl (C=O) groups is 2. The van der Waals surface area contributed by atoms with Crippen LogP contribution < -0.4 is 0 Å². The maximum atomic E-state index is 13.2. The molecule has 28 heavy (non-hydrogen) atoms. The molecule has 148 valence electrons. The van der Waals surface area contributed by atoms with E-state index in [1.54, 1.807) is 19.1 Å². The van der Waals surface area contributed by atoms with E-state index >= 15 is 0 Å². The van der Waals surface area contributed by atoms with E-state index in [4.69, 9.17) is 9.47 Å². The lowest BCUT2D eigenvalue weighted by molar-refractivity contribution is -0.230. The number of carbonyl (C=O) groups excluding carboxylic acids is 2. The summed E-state index contributed by atoms with van der Waals surface area (Å²) in [7, 11) is 0. The predicted octanol–water partition coefficient (Wildman–Crippen LogP) is 4.62. The summed E-state index contributed by atoms with van der Waals surface area (Å²) >= 11 is 0. The summed E-state index contributed by atoms with van der Waals surface area (Å²) in [4.78, 5) is 24.9. The van der Waals surface area contributed by atoms with Crippen molar-refractivity contribution in [3.05, 3.63) is 58.7 Å². The number of aryl methyl sites for hydroxylation is 1. The molecule has 0 amide bonds. The van der Waals surface area contributed by atoms with Gasteiger partial charge in [-0.3, -0.25) is 0 Å². The molecule has 6 heteroatoms. The van der Waals surface area contributed by atoms with Crippen LogP contribution in [0.25, 0.3) is 11.8 Å². The molecular weight excluding hydrogens is 361 g/mol. The molecule has 2 aromatic rings. The van der Waals surface area contributed by atoms with Gasteiger partial charge in [0.2, 0.25) is 0 Å². The molecule has 0 radical (unpaired) electrons. The minimum absolute atomic E-state index is 0.131. The Morgan fingerprint density at radius 2 is 1.71 bits per heavy atom. The number of rotatable bonds is 5. The third-order valence-corrected chi connectivity index (χ3v) is 4.90. The first-order valence-electron chi connectivity index (χ1n) is 9.37. The van der Waals surface area contributed by atoms with Gasteiger partial charge in [-0.25, -0.2) is 14.0 Å². The number of cyclic esters (lactones) is 2. The molecule has 1 aromatic heterocycles. The molecule has 0 atom stereocenters. The Labute approximate surface area is 163 Å². The number of hydrogen-bond donors (Lipinski definition) is 0. The molecular formula is C22H24FNO4.